The Labute approximate surface area is 502 Å². The Morgan fingerprint density at radius 2 is 0.753 bits per heavy atom. The lowest BCUT2D eigenvalue weighted by atomic mass is 10.0. The van der Waals surface area contributed by atoms with Crippen LogP contribution in [0.2, 0.25) is 0 Å². The number of nitrogens with one attached hydrogen (secondary N) is 1. The Bertz CT molecular complexity index is 1570. The van der Waals surface area contributed by atoms with Crippen LogP contribution in [-0.4, -0.2) is 74.3 Å². The zero-order valence-electron chi connectivity index (χ0n) is 54.3. The van der Waals surface area contributed by atoms with Crippen LogP contribution in [0.3, 0.4) is 0 Å². The number of carbonyl (C=O) groups excluding carboxylic acids is 2. The zero-order chi connectivity index (χ0) is 59.3. The van der Waals surface area contributed by atoms with E-state index in [-0.39, 0.29) is 31.5 Å². The Balaban J connectivity index is 5.00. The van der Waals surface area contributed by atoms with Crippen molar-refractivity contribution in [1.82, 2.24) is 5.32 Å². The third-order valence-corrected chi connectivity index (χ3v) is 16.4. The number of hydrogen-bond acceptors (Lipinski definition) is 6. The second-order valence-corrected chi connectivity index (χ2v) is 26.1. The molecule has 3 atom stereocenters. The van der Waals surface area contributed by atoms with Gasteiger partial charge in [-0.1, -0.05) is 281 Å². The SMILES string of the molecule is CCCCC/C=C\C/C=C\C/C=C\CCCCCCC(=O)OC(/C=C\CCCCCCCCCCC)C(COP(=O)(O)OCC[N+](C)(C)C)NC(=O)CCCCCCCCCCCCCCCCCCC/C=C/CCCCCCCC. The number of allylic oxidation sites excluding steroid dienone is 9. The maximum atomic E-state index is 13.6. The molecule has 81 heavy (non-hydrogen) atoms. The average molecular weight is 1160 g/mol. The molecule has 0 aliphatic carbocycles. The highest BCUT2D eigenvalue weighted by Gasteiger charge is 2.30. The molecule has 0 fully saturated rings. The minimum atomic E-state index is -4.46. The van der Waals surface area contributed by atoms with Crippen LogP contribution in [0.25, 0.3) is 0 Å². The lowest BCUT2D eigenvalue weighted by Gasteiger charge is -2.27. The van der Waals surface area contributed by atoms with E-state index in [0.29, 0.717) is 23.9 Å². The van der Waals surface area contributed by atoms with E-state index >= 15 is 0 Å². The molecule has 0 radical (unpaired) electrons. The second kappa shape index (κ2) is 60.8. The van der Waals surface area contributed by atoms with Gasteiger partial charge in [0, 0.05) is 12.8 Å². The minimum absolute atomic E-state index is 0.0365. The van der Waals surface area contributed by atoms with Crippen LogP contribution >= 0.6 is 7.82 Å². The molecule has 0 aliphatic rings. The van der Waals surface area contributed by atoms with Gasteiger partial charge in [-0.3, -0.25) is 18.6 Å². The van der Waals surface area contributed by atoms with Crippen LogP contribution < -0.4 is 5.32 Å². The number of likely N-dealkylation sites (N-methyl/N-ethyl adjacent to an activating group) is 1. The normalized spacial score (nSPS) is 13.9. The summed E-state index contributed by atoms with van der Waals surface area (Å²) in [6.45, 7) is 6.99. The first kappa shape index (κ1) is 78.7. The predicted octanol–water partition coefficient (Wildman–Crippen LogP) is 21.8. The Morgan fingerprint density at radius 3 is 1.16 bits per heavy atom. The van der Waals surface area contributed by atoms with E-state index in [0.717, 1.165) is 77.0 Å². The minimum Gasteiger partial charge on any atom is -0.456 e. The van der Waals surface area contributed by atoms with E-state index in [1.165, 1.54) is 212 Å². The Morgan fingerprint density at radius 1 is 0.432 bits per heavy atom. The molecule has 0 heterocycles. The van der Waals surface area contributed by atoms with E-state index in [4.69, 9.17) is 13.8 Å². The molecule has 0 bridgehead atoms. The van der Waals surface area contributed by atoms with E-state index in [9.17, 15) is 19.0 Å². The fraction of sp³-hybridized carbons (Fsp3) is 0.831. The molecule has 0 saturated carbocycles. The van der Waals surface area contributed by atoms with Crippen molar-refractivity contribution in [3.05, 3.63) is 60.8 Å². The van der Waals surface area contributed by atoms with Crippen LogP contribution in [0.1, 0.15) is 329 Å². The summed E-state index contributed by atoms with van der Waals surface area (Å²) >= 11 is 0. The monoisotopic (exact) mass is 1160 g/mol. The topological polar surface area (TPSA) is 111 Å². The number of quaternary nitrogens is 1. The lowest BCUT2D eigenvalue weighted by Crippen LogP contribution is -2.47. The molecule has 0 aliphatic heterocycles. The van der Waals surface area contributed by atoms with Crippen molar-refractivity contribution in [2.45, 2.75) is 341 Å². The summed E-state index contributed by atoms with van der Waals surface area (Å²) in [7, 11) is 1.49. The van der Waals surface area contributed by atoms with Crippen LogP contribution in [0.5, 0.6) is 0 Å². The standard InChI is InChI=1S/C71H133N2O7P/c1-7-10-13-16-19-22-25-27-29-31-32-33-34-35-36-37-38-39-40-42-43-45-48-51-54-57-60-63-70(74)72-68(67-79-81(76,77)78-66-65-73(4,5)6)69(62-59-56-53-50-47-24-21-18-15-12-9-3)80-71(75)64-61-58-55-52-49-46-44-41-30-28-26-23-20-17-14-11-8-2/h20,23,27-30,44,46,59,62,68-69H,7-19,21-22,24-26,31-43,45,47-58,60-61,63-67H2,1-6H3,(H-,72,74,76,77)/p+1/b23-20-,29-27+,30-28-,46-44-,62-59-. The van der Waals surface area contributed by atoms with Gasteiger partial charge >= 0.3 is 13.8 Å². The highest BCUT2D eigenvalue weighted by Crippen LogP contribution is 2.43. The number of rotatable bonds is 63. The van der Waals surface area contributed by atoms with Crippen molar-refractivity contribution in [2.75, 3.05) is 40.9 Å². The number of phosphoric ester groups is 1. The number of carbonyl (C=O) groups is 2. The number of hydrogen-bond donors (Lipinski definition) is 2. The molecule has 0 aromatic rings. The van der Waals surface area contributed by atoms with E-state index in [1.807, 2.05) is 33.3 Å². The van der Waals surface area contributed by atoms with Crippen LogP contribution in [0.15, 0.2) is 60.8 Å². The quantitative estimate of drug-likeness (QED) is 0.0205. The van der Waals surface area contributed by atoms with Gasteiger partial charge in [0.2, 0.25) is 5.91 Å². The van der Waals surface area contributed by atoms with Gasteiger partial charge in [0.25, 0.3) is 0 Å². The largest absolute Gasteiger partial charge is 0.472 e. The van der Waals surface area contributed by atoms with Crippen molar-refractivity contribution in [1.29, 1.82) is 0 Å². The van der Waals surface area contributed by atoms with E-state index in [2.05, 4.69) is 74.7 Å². The van der Waals surface area contributed by atoms with Gasteiger partial charge < -0.3 is 19.4 Å². The van der Waals surface area contributed by atoms with Crippen molar-refractivity contribution < 1.29 is 37.3 Å². The maximum Gasteiger partial charge on any atom is 0.472 e. The van der Waals surface area contributed by atoms with Gasteiger partial charge in [-0.2, -0.15) is 0 Å². The zero-order valence-corrected chi connectivity index (χ0v) is 55.2. The fourth-order valence-electron chi connectivity index (χ4n) is 10.1. The average Bonchev–Trinajstić information content (AvgIpc) is 3.43. The highest BCUT2D eigenvalue weighted by molar-refractivity contribution is 7.47. The second-order valence-electron chi connectivity index (χ2n) is 24.7. The number of unbranched alkanes of at least 4 members (excludes halogenated alkanes) is 39. The van der Waals surface area contributed by atoms with Crippen LogP contribution in [-0.2, 0) is 27.9 Å². The molecule has 0 spiro atoms. The molecular formula is C71H134N2O7P+. The lowest BCUT2D eigenvalue weighted by molar-refractivity contribution is -0.870. The molecular weight excluding hydrogens is 1020 g/mol. The van der Waals surface area contributed by atoms with Gasteiger partial charge in [-0.05, 0) is 96.0 Å². The molecule has 0 aromatic carbocycles. The summed E-state index contributed by atoms with van der Waals surface area (Å²) in [4.78, 5) is 37.8. The molecule has 474 valence electrons. The Kier molecular flexibility index (Phi) is 59.1. The number of ether oxygens (including phenoxy) is 1. The van der Waals surface area contributed by atoms with Gasteiger partial charge in [-0.15, -0.1) is 0 Å². The summed E-state index contributed by atoms with van der Waals surface area (Å²) in [6, 6.07) is -0.857. The first-order valence-electron chi connectivity index (χ1n) is 34.6. The van der Waals surface area contributed by atoms with Crippen molar-refractivity contribution in [2.24, 2.45) is 0 Å². The van der Waals surface area contributed by atoms with Gasteiger partial charge in [0.1, 0.15) is 19.3 Å². The van der Waals surface area contributed by atoms with Crippen molar-refractivity contribution >= 4 is 19.7 Å². The number of nitrogens with zero attached hydrogens (tertiary/aromatic N) is 1. The molecule has 2 N–H and O–H groups in total. The first-order chi connectivity index (χ1) is 39.4. The van der Waals surface area contributed by atoms with Crippen LogP contribution in [0.4, 0.5) is 0 Å². The molecule has 0 rings (SSSR count). The summed E-state index contributed by atoms with van der Waals surface area (Å²) in [5.41, 5.74) is 0. The third kappa shape index (κ3) is 62.1. The summed E-state index contributed by atoms with van der Waals surface area (Å²) in [5, 5.41) is 3.06. The number of phosphoric acid groups is 1. The smallest absolute Gasteiger partial charge is 0.456 e. The molecule has 9 nitrogen and oxygen atoms in total. The molecule has 3 unspecified atom stereocenters. The summed E-state index contributed by atoms with van der Waals surface area (Å²) < 4.78 is 30.7. The van der Waals surface area contributed by atoms with Gasteiger partial charge in [-0.25, -0.2) is 4.57 Å². The van der Waals surface area contributed by atoms with Crippen molar-refractivity contribution in [3.63, 3.8) is 0 Å². The molecule has 10 heteroatoms. The van der Waals surface area contributed by atoms with Gasteiger partial charge in [0.05, 0.1) is 33.8 Å². The van der Waals surface area contributed by atoms with E-state index < -0.39 is 20.0 Å². The molecule has 0 saturated heterocycles. The first-order valence-corrected chi connectivity index (χ1v) is 36.1. The predicted molar refractivity (Wildman–Crippen MR) is 351 cm³/mol. The van der Waals surface area contributed by atoms with Gasteiger partial charge in [0.15, 0.2) is 0 Å². The third-order valence-electron chi connectivity index (χ3n) is 15.4. The summed E-state index contributed by atoms with van der Waals surface area (Å²) in [5.74, 6) is -0.520. The van der Waals surface area contributed by atoms with E-state index in [1.54, 1.807) is 0 Å². The Hall–Kier alpha value is -2.29. The fourth-order valence-corrected chi connectivity index (χ4v) is 10.8. The molecule has 1 amide bonds. The number of esters is 1. The number of amides is 1. The summed E-state index contributed by atoms with van der Waals surface area (Å²) in [6.07, 6.45) is 78.1. The van der Waals surface area contributed by atoms with Crippen LogP contribution in [0, 0.1) is 0 Å². The molecule has 0 aromatic heterocycles. The van der Waals surface area contributed by atoms with Crippen molar-refractivity contribution in [3.8, 4) is 0 Å². The maximum absolute atomic E-state index is 13.6. The highest BCUT2D eigenvalue weighted by atomic mass is 31.2.